The van der Waals surface area contributed by atoms with Crippen LogP contribution in [0.2, 0.25) is 0 Å². The zero-order valence-electron chi connectivity index (χ0n) is 14.1. The molecule has 2 amide bonds. The second-order valence-corrected chi connectivity index (χ2v) is 4.89. The highest BCUT2D eigenvalue weighted by molar-refractivity contribution is 6.39. The van der Waals surface area contributed by atoms with E-state index in [4.69, 9.17) is 9.47 Å². The van der Waals surface area contributed by atoms with E-state index in [1.54, 1.807) is 49.6 Å². The zero-order chi connectivity index (χ0) is 18.2. The molecule has 130 valence electrons. The quantitative estimate of drug-likeness (QED) is 0.488. The Morgan fingerprint density at radius 3 is 2.40 bits per heavy atom. The van der Waals surface area contributed by atoms with Gasteiger partial charge in [-0.3, -0.25) is 14.6 Å². The van der Waals surface area contributed by atoms with Crippen LogP contribution >= 0.6 is 0 Å². The highest BCUT2D eigenvalue weighted by atomic mass is 16.5. The standard InChI is InChI=1S/C17H18N4O4/c1-11(12-6-8-18-9-7-12)20-21-17(23)16(22)19-14-10-13(24-2)4-5-15(14)25-3/h4-10H,1-3H3,(H,19,22)(H,21,23)/b20-11+. The molecule has 1 aromatic heterocycles. The molecule has 0 aliphatic carbocycles. The number of nitrogens with zero attached hydrogens (tertiary/aromatic N) is 2. The second-order valence-electron chi connectivity index (χ2n) is 4.89. The van der Waals surface area contributed by atoms with Crippen LogP contribution in [0.5, 0.6) is 11.5 Å². The number of aromatic nitrogens is 1. The Morgan fingerprint density at radius 2 is 1.76 bits per heavy atom. The highest BCUT2D eigenvalue weighted by Gasteiger charge is 2.16. The van der Waals surface area contributed by atoms with E-state index in [0.717, 1.165) is 5.56 Å². The maximum atomic E-state index is 12.0. The van der Waals surface area contributed by atoms with E-state index in [9.17, 15) is 9.59 Å². The van der Waals surface area contributed by atoms with Crippen molar-refractivity contribution in [1.82, 2.24) is 10.4 Å². The van der Waals surface area contributed by atoms with E-state index in [0.29, 0.717) is 22.9 Å². The molecule has 0 saturated heterocycles. The molecule has 8 heteroatoms. The van der Waals surface area contributed by atoms with Gasteiger partial charge in [-0.15, -0.1) is 0 Å². The van der Waals surface area contributed by atoms with Crippen molar-refractivity contribution in [3.8, 4) is 11.5 Å². The van der Waals surface area contributed by atoms with Crippen molar-refractivity contribution in [2.24, 2.45) is 5.10 Å². The van der Waals surface area contributed by atoms with Crippen molar-refractivity contribution in [2.45, 2.75) is 6.92 Å². The van der Waals surface area contributed by atoms with E-state index < -0.39 is 11.8 Å². The minimum absolute atomic E-state index is 0.317. The first-order chi connectivity index (χ1) is 12.0. The average Bonchev–Trinajstić information content (AvgIpc) is 2.66. The van der Waals surface area contributed by atoms with E-state index in [1.165, 1.54) is 14.2 Å². The van der Waals surface area contributed by atoms with Gasteiger partial charge in [0.1, 0.15) is 11.5 Å². The van der Waals surface area contributed by atoms with Crippen LogP contribution in [0.4, 0.5) is 5.69 Å². The zero-order valence-corrected chi connectivity index (χ0v) is 14.1. The summed E-state index contributed by atoms with van der Waals surface area (Å²) < 4.78 is 10.2. The Balaban J connectivity index is 2.05. The monoisotopic (exact) mass is 342 g/mol. The maximum Gasteiger partial charge on any atom is 0.329 e. The molecule has 0 fully saturated rings. The third kappa shape index (κ3) is 4.77. The summed E-state index contributed by atoms with van der Waals surface area (Å²) in [7, 11) is 2.95. The van der Waals surface area contributed by atoms with E-state index in [-0.39, 0.29) is 0 Å². The number of nitrogens with one attached hydrogen (secondary N) is 2. The van der Waals surface area contributed by atoms with Crippen LogP contribution in [0, 0.1) is 0 Å². The Morgan fingerprint density at radius 1 is 1.04 bits per heavy atom. The van der Waals surface area contributed by atoms with Crippen molar-refractivity contribution in [3.05, 3.63) is 48.3 Å². The molecule has 0 radical (unpaired) electrons. The minimum Gasteiger partial charge on any atom is -0.497 e. The van der Waals surface area contributed by atoms with Crippen molar-refractivity contribution < 1.29 is 19.1 Å². The van der Waals surface area contributed by atoms with E-state index >= 15 is 0 Å². The first-order valence-electron chi connectivity index (χ1n) is 7.33. The number of hydrazone groups is 1. The van der Waals surface area contributed by atoms with Crippen LogP contribution in [0.3, 0.4) is 0 Å². The molecule has 8 nitrogen and oxygen atoms in total. The summed E-state index contributed by atoms with van der Waals surface area (Å²) >= 11 is 0. The lowest BCUT2D eigenvalue weighted by molar-refractivity contribution is -0.136. The molecule has 0 aliphatic heterocycles. The van der Waals surface area contributed by atoms with Crippen LogP contribution in [-0.4, -0.2) is 36.7 Å². The average molecular weight is 342 g/mol. The molecule has 2 rings (SSSR count). The van der Waals surface area contributed by atoms with Gasteiger partial charge in [-0.2, -0.15) is 5.10 Å². The van der Waals surface area contributed by atoms with Gasteiger partial charge in [0, 0.05) is 24.0 Å². The Labute approximate surface area is 144 Å². The number of benzene rings is 1. The molecule has 2 aromatic rings. The minimum atomic E-state index is -0.904. The highest BCUT2D eigenvalue weighted by Crippen LogP contribution is 2.28. The summed E-state index contributed by atoms with van der Waals surface area (Å²) in [5.41, 5.74) is 3.85. The Hall–Kier alpha value is -3.42. The fourth-order valence-electron chi connectivity index (χ4n) is 1.93. The smallest absolute Gasteiger partial charge is 0.329 e. The van der Waals surface area contributed by atoms with Crippen LogP contribution in [0.25, 0.3) is 0 Å². The molecular weight excluding hydrogens is 324 g/mol. The summed E-state index contributed by atoms with van der Waals surface area (Å²) in [5, 5.41) is 6.37. The Kier molecular flexibility index (Phi) is 6.05. The largest absolute Gasteiger partial charge is 0.497 e. The summed E-state index contributed by atoms with van der Waals surface area (Å²) in [6.45, 7) is 1.71. The molecule has 25 heavy (non-hydrogen) atoms. The van der Waals surface area contributed by atoms with Gasteiger partial charge in [0.15, 0.2) is 0 Å². The van der Waals surface area contributed by atoms with Gasteiger partial charge in [-0.05, 0) is 31.2 Å². The molecule has 0 atom stereocenters. The fraction of sp³-hybridized carbons (Fsp3) is 0.176. The second kappa shape index (κ2) is 8.44. The van der Waals surface area contributed by atoms with Crippen molar-refractivity contribution >= 4 is 23.2 Å². The number of anilines is 1. The lowest BCUT2D eigenvalue weighted by atomic mass is 10.2. The number of hydrogen-bond donors (Lipinski definition) is 2. The van der Waals surface area contributed by atoms with Crippen LogP contribution in [-0.2, 0) is 9.59 Å². The van der Waals surface area contributed by atoms with Crippen molar-refractivity contribution in [2.75, 3.05) is 19.5 Å². The number of ether oxygens (including phenoxy) is 2. The first-order valence-corrected chi connectivity index (χ1v) is 7.33. The number of carbonyl (C=O) groups is 2. The van der Waals surface area contributed by atoms with Gasteiger partial charge < -0.3 is 14.8 Å². The van der Waals surface area contributed by atoms with Crippen molar-refractivity contribution in [3.63, 3.8) is 0 Å². The van der Waals surface area contributed by atoms with Gasteiger partial charge in [0.25, 0.3) is 0 Å². The van der Waals surface area contributed by atoms with E-state index in [1.807, 2.05) is 0 Å². The third-order valence-electron chi connectivity index (χ3n) is 3.28. The molecule has 1 heterocycles. The summed E-state index contributed by atoms with van der Waals surface area (Å²) in [5.74, 6) is -0.863. The number of hydrogen-bond acceptors (Lipinski definition) is 6. The van der Waals surface area contributed by atoms with Gasteiger partial charge >= 0.3 is 11.8 Å². The predicted octanol–water partition coefficient (Wildman–Crippen LogP) is 1.58. The van der Waals surface area contributed by atoms with E-state index in [2.05, 4.69) is 20.8 Å². The van der Waals surface area contributed by atoms with Crippen LogP contribution in [0.15, 0.2) is 47.8 Å². The normalized spacial score (nSPS) is 10.8. The first kappa shape index (κ1) is 17.9. The number of carbonyl (C=O) groups excluding carboxylic acids is 2. The summed E-state index contributed by atoms with van der Waals surface area (Å²) in [6.07, 6.45) is 3.22. The lowest BCUT2D eigenvalue weighted by Crippen LogP contribution is -2.33. The molecule has 0 bridgehead atoms. The molecule has 0 unspecified atom stereocenters. The summed E-state index contributed by atoms with van der Waals surface area (Å²) in [4.78, 5) is 27.9. The van der Waals surface area contributed by atoms with Gasteiger partial charge in [-0.1, -0.05) is 0 Å². The molecule has 2 N–H and O–H groups in total. The lowest BCUT2D eigenvalue weighted by Gasteiger charge is -2.11. The maximum absolute atomic E-state index is 12.0. The fourth-order valence-corrected chi connectivity index (χ4v) is 1.93. The third-order valence-corrected chi connectivity index (χ3v) is 3.28. The SMILES string of the molecule is COc1ccc(OC)c(NC(=O)C(=O)N/N=C(\C)c2ccncc2)c1. The van der Waals surface area contributed by atoms with Crippen LogP contribution < -0.4 is 20.2 Å². The molecule has 0 aliphatic rings. The number of pyridine rings is 1. The number of methoxy groups -OCH3 is 2. The van der Waals surface area contributed by atoms with Crippen molar-refractivity contribution in [1.29, 1.82) is 0 Å². The van der Waals surface area contributed by atoms with Gasteiger partial charge in [0.2, 0.25) is 0 Å². The molecule has 0 spiro atoms. The molecule has 0 saturated carbocycles. The number of rotatable bonds is 5. The molecular formula is C17H18N4O4. The molecule has 1 aromatic carbocycles. The number of amides is 2. The van der Waals surface area contributed by atoms with Gasteiger partial charge in [0.05, 0.1) is 25.6 Å². The van der Waals surface area contributed by atoms with Gasteiger partial charge in [-0.25, -0.2) is 5.43 Å². The summed E-state index contributed by atoms with van der Waals surface area (Å²) in [6, 6.07) is 8.34. The Bertz CT molecular complexity index is 790. The van der Waals surface area contributed by atoms with Crippen LogP contribution in [0.1, 0.15) is 12.5 Å². The topological polar surface area (TPSA) is 102 Å². The predicted molar refractivity (Wildman–Crippen MR) is 92.8 cm³/mol.